The molecule has 2 bridgehead atoms. The van der Waals surface area contributed by atoms with E-state index in [1.54, 1.807) is 11.0 Å². The number of amides is 3. The van der Waals surface area contributed by atoms with Gasteiger partial charge in [0.15, 0.2) is 5.82 Å². The summed E-state index contributed by atoms with van der Waals surface area (Å²) < 4.78 is 0. The van der Waals surface area contributed by atoms with Gasteiger partial charge in [0, 0.05) is 17.0 Å². The number of nitrogens with one attached hydrogen (secondary N) is 1. The van der Waals surface area contributed by atoms with E-state index in [4.69, 9.17) is 0 Å². The zero-order valence-corrected chi connectivity index (χ0v) is 14.2. The van der Waals surface area contributed by atoms with E-state index in [9.17, 15) is 9.59 Å². The van der Waals surface area contributed by atoms with Gasteiger partial charge in [0.25, 0.3) is 5.91 Å². The summed E-state index contributed by atoms with van der Waals surface area (Å²) in [4.78, 5) is 29.2. The monoisotopic (exact) mass is 358 g/mol. The SMILES string of the molecule is O=C1C2=C3CCC(C3)N2C(=O)N1c1ccc(-c2nnn[nH]2)c2ccccc12. The number of anilines is 1. The fraction of sp³-hybridized carbons (Fsp3) is 0.211. The number of benzene rings is 2. The Kier molecular flexibility index (Phi) is 2.70. The molecule has 1 saturated carbocycles. The molecule has 1 atom stereocenters. The van der Waals surface area contributed by atoms with E-state index < -0.39 is 0 Å². The standard InChI is InChI=1S/C19H14N6O2/c26-18-16-10-5-6-11(9-10)24(16)19(27)25(18)15-8-7-14(17-20-22-23-21-17)12-3-1-2-4-13(12)15/h1-4,7-8,11H,5-6,9H2,(H,20,21,22,23). The molecule has 3 amide bonds. The molecule has 0 spiro atoms. The first-order valence-corrected chi connectivity index (χ1v) is 8.89. The number of carbonyl (C=O) groups excluding carboxylic acids is 2. The average molecular weight is 358 g/mol. The van der Waals surface area contributed by atoms with Crippen molar-refractivity contribution in [2.45, 2.75) is 25.3 Å². The molecule has 1 aromatic heterocycles. The molecule has 1 N–H and O–H groups in total. The van der Waals surface area contributed by atoms with Crippen LogP contribution in [0.2, 0.25) is 0 Å². The number of aromatic nitrogens is 4. The quantitative estimate of drug-likeness (QED) is 0.711. The molecule has 8 heteroatoms. The number of rotatable bonds is 2. The summed E-state index contributed by atoms with van der Waals surface area (Å²) in [6, 6.07) is 11.2. The Morgan fingerprint density at radius 1 is 1.07 bits per heavy atom. The molecule has 2 aromatic carbocycles. The summed E-state index contributed by atoms with van der Waals surface area (Å²) in [7, 11) is 0. The van der Waals surface area contributed by atoms with Crippen LogP contribution in [0.25, 0.3) is 22.2 Å². The molecule has 6 rings (SSSR count). The Morgan fingerprint density at radius 3 is 2.70 bits per heavy atom. The topological polar surface area (TPSA) is 95.1 Å². The van der Waals surface area contributed by atoms with Crippen LogP contribution in [0.4, 0.5) is 10.5 Å². The van der Waals surface area contributed by atoms with Crippen molar-refractivity contribution in [3.8, 4) is 11.4 Å². The minimum atomic E-state index is -0.242. The van der Waals surface area contributed by atoms with Crippen LogP contribution in [0.3, 0.4) is 0 Å². The van der Waals surface area contributed by atoms with E-state index in [-0.39, 0.29) is 18.0 Å². The molecule has 2 fully saturated rings. The lowest BCUT2D eigenvalue weighted by Gasteiger charge is -2.22. The van der Waals surface area contributed by atoms with Crippen molar-refractivity contribution in [1.29, 1.82) is 0 Å². The molecule has 0 radical (unpaired) electrons. The molecular weight excluding hydrogens is 344 g/mol. The Morgan fingerprint density at radius 2 is 1.93 bits per heavy atom. The number of nitrogens with zero attached hydrogens (tertiary/aromatic N) is 5. The summed E-state index contributed by atoms with van der Waals surface area (Å²) in [5, 5.41) is 15.7. The van der Waals surface area contributed by atoms with E-state index in [2.05, 4.69) is 20.6 Å². The summed E-state index contributed by atoms with van der Waals surface area (Å²) >= 11 is 0. The second-order valence-corrected chi connectivity index (χ2v) is 7.07. The van der Waals surface area contributed by atoms with Crippen molar-refractivity contribution in [1.82, 2.24) is 25.5 Å². The van der Waals surface area contributed by atoms with Gasteiger partial charge in [0.05, 0.1) is 5.69 Å². The van der Waals surface area contributed by atoms with Crippen LogP contribution in [-0.2, 0) is 4.79 Å². The van der Waals surface area contributed by atoms with Gasteiger partial charge in [-0.25, -0.2) is 14.8 Å². The molecule has 3 heterocycles. The Balaban J connectivity index is 1.55. The predicted octanol–water partition coefficient (Wildman–Crippen LogP) is 2.61. The first kappa shape index (κ1) is 14.6. The molecule has 1 aliphatic carbocycles. The highest BCUT2D eigenvalue weighted by molar-refractivity contribution is 6.30. The smallest absolute Gasteiger partial charge is 0.285 e. The predicted molar refractivity (Wildman–Crippen MR) is 96.5 cm³/mol. The lowest BCUT2D eigenvalue weighted by molar-refractivity contribution is -0.114. The van der Waals surface area contributed by atoms with Crippen LogP contribution in [0, 0.1) is 0 Å². The molecule has 1 unspecified atom stereocenters. The second kappa shape index (κ2) is 5.00. The van der Waals surface area contributed by atoms with Crippen molar-refractivity contribution in [2.24, 2.45) is 0 Å². The molecule has 3 aliphatic rings. The number of carbonyl (C=O) groups is 2. The zero-order valence-electron chi connectivity index (χ0n) is 14.2. The third kappa shape index (κ3) is 1.79. The van der Waals surface area contributed by atoms with E-state index in [0.29, 0.717) is 17.2 Å². The minimum Gasteiger partial charge on any atom is -0.285 e. The van der Waals surface area contributed by atoms with Gasteiger partial charge in [-0.15, -0.1) is 5.10 Å². The summed E-state index contributed by atoms with van der Waals surface area (Å²) in [5.41, 5.74) is 3.14. The number of urea groups is 1. The van der Waals surface area contributed by atoms with Crippen molar-refractivity contribution in [3.63, 3.8) is 0 Å². The molecule has 8 nitrogen and oxygen atoms in total. The van der Waals surface area contributed by atoms with Crippen LogP contribution in [-0.4, -0.2) is 43.5 Å². The fourth-order valence-electron chi connectivity index (χ4n) is 4.59. The molecule has 132 valence electrons. The fourth-order valence-corrected chi connectivity index (χ4v) is 4.59. The maximum Gasteiger partial charge on any atom is 0.336 e. The molecule has 3 aromatic rings. The lowest BCUT2D eigenvalue weighted by atomic mass is 10.0. The maximum atomic E-state index is 13.1. The van der Waals surface area contributed by atoms with Crippen LogP contribution < -0.4 is 4.90 Å². The molecular formula is C19H14N6O2. The van der Waals surface area contributed by atoms with Crippen LogP contribution in [0.5, 0.6) is 0 Å². The van der Waals surface area contributed by atoms with Gasteiger partial charge in [-0.2, -0.15) is 0 Å². The highest BCUT2D eigenvalue weighted by Crippen LogP contribution is 2.47. The summed E-state index contributed by atoms with van der Waals surface area (Å²) in [6.45, 7) is 0. The third-order valence-corrected chi connectivity index (χ3v) is 5.75. The van der Waals surface area contributed by atoms with Crippen molar-refractivity contribution in [3.05, 3.63) is 47.7 Å². The molecule has 1 saturated heterocycles. The average Bonchev–Trinajstić information content (AvgIpc) is 3.46. The van der Waals surface area contributed by atoms with Gasteiger partial charge >= 0.3 is 6.03 Å². The first-order valence-electron chi connectivity index (χ1n) is 8.89. The van der Waals surface area contributed by atoms with E-state index in [1.807, 2.05) is 30.3 Å². The van der Waals surface area contributed by atoms with Crippen LogP contribution in [0.15, 0.2) is 47.7 Å². The highest BCUT2D eigenvalue weighted by atomic mass is 16.2. The summed E-state index contributed by atoms with van der Waals surface area (Å²) in [5.74, 6) is 0.330. The maximum absolute atomic E-state index is 13.1. The lowest BCUT2D eigenvalue weighted by Crippen LogP contribution is -2.37. The molecule has 2 aliphatic heterocycles. The number of imide groups is 1. The normalized spacial score (nSPS) is 21.1. The highest BCUT2D eigenvalue weighted by Gasteiger charge is 2.52. The second-order valence-electron chi connectivity index (χ2n) is 7.07. The van der Waals surface area contributed by atoms with E-state index in [1.165, 1.54) is 4.90 Å². The molecule has 27 heavy (non-hydrogen) atoms. The van der Waals surface area contributed by atoms with Gasteiger partial charge in [0.2, 0.25) is 0 Å². The van der Waals surface area contributed by atoms with Crippen molar-refractivity contribution >= 4 is 28.4 Å². The minimum absolute atomic E-state index is 0.141. The largest absolute Gasteiger partial charge is 0.336 e. The Labute approximate surface area is 153 Å². The van der Waals surface area contributed by atoms with Gasteiger partial charge in [0.1, 0.15) is 5.70 Å². The number of tetrazole rings is 1. The number of hydrogen-bond acceptors (Lipinski definition) is 5. The number of fused-ring (bicyclic) bond motifs is 5. The number of hydrogen-bond donors (Lipinski definition) is 1. The first-order chi connectivity index (χ1) is 13.2. The van der Waals surface area contributed by atoms with E-state index in [0.717, 1.165) is 41.2 Å². The van der Waals surface area contributed by atoms with Gasteiger partial charge in [-0.05, 0) is 52.8 Å². The Hall–Kier alpha value is -3.55. The number of aromatic amines is 1. The number of H-pyrrole nitrogens is 1. The third-order valence-electron chi connectivity index (χ3n) is 5.75. The van der Waals surface area contributed by atoms with Gasteiger partial charge in [-0.3, -0.25) is 9.69 Å². The van der Waals surface area contributed by atoms with Gasteiger partial charge in [-0.1, -0.05) is 24.3 Å². The van der Waals surface area contributed by atoms with Crippen LogP contribution in [0.1, 0.15) is 19.3 Å². The van der Waals surface area contributed by atoms with Crippen molar-refractivity contribution < 1.29 is 9.59 Å². The van der Waals surface area contributed by atoms with Crippen LogP contribution >= 0.6 is 0 Å². The van der Waals surface area contributed by atoms with Gasteiger partial charge < -0.3 is 0 Å². The Bertz CT molecular complexity index is 1170. The zero-order chi connectivity index (χ0) is 18.1. The van der Waals surface area contributed by atoms with Crippen molar-refractivity contribution in [2.75, 3.05) is 4.90 Å². The van der Waals surface area contributed by atoms with E-state index >= 15 is 0 Å². The summed E-state index contributed by atoms with van der Waals surface area (Å²) in [6.07, 6.45) is 2.71.